The van der Waals surface area contributed by atoms with Crippen LogP contribution in [-0.4, -0.2) is 6.54 Å². The fourth-order valence-electron chi connectivity index (χ4n) is 1.16. The largest absolute Gasteiger partial charge is 0.305 e. The topological polar surface area (TPSA) is 12.0 Å². The summed E-state index contributed by atoms with van der Waals surface area (Å²) in [6.07, 6.45) is 0. The van der Waals surface area contributed by atoms with E-state index in [1.807, 2.05) is 13.0 Å². The molecule has 14 heavy (non-hydrogen) atoms. The second-order valence-corrected chi connectivity index (χ2v) is 3.71. The highest BCUT2D eigenvalue weighted by Crippen LogP contribution is 2.13. The van der Waals surface area contributed by atoms with Crippen LogP contribution in [0.2, 0.25) is 0 Å². The molecule has 1 nitrogen and oxygen atoms in total. The van der Waals surface area contributed by atoms with Crippen LogP contribution < -0.4 is 5.32 Å². The fraction of sp³-hybridized carbons (Fsp3) is 0.273. The molecule has 1 rings (SSSR count). The number of nitrogens with one attached hydrogen (secondary N) is 1. The minimum atomic E-state index is -0.221. The first-order valence-corrected chi connectivity index (χ1v) is 4.79. The Morgan fingerprint density at radius 1 is 1.64 bits per heavy atom. The summed E-state index contributed by atoms with van der Waals surface area (Å²) in [5, 5.41) is 3.68. The van der Waals surface area contributed by atoms with Gasteiger partial charge in [0.1, 0.15) is 5.82 Å². The lowest BCUT2D eigenvalue weighted by Gasteiger charge is -2.13. The zero-order valence-corrected chi connectivity index (χ0v) is 8.81. The van der Waals surface area contributed by atoms with Crippen LogP contribution in [0, 0.1) is 5.82 Å². The molecule has 0 unspecified atom stereocenters. The summed E-state index contributed by atoms with van der Waals surface area (Å²) in [5.74, 6) is -0.221. The molecule has 1 aromatic rings. The van der Waals surface area contributed by atoms with Crippen LogP contribution >= 0.6 is 11.6 Å². The molecule has 0 amide bonds. The van der Waals surface area contributed by atoms with E-state index in [0.717, 1.165) is 5.56 Å². The number of rotatable bonds is 4. The molecule has 1 aromatic carbocycles. The quantitative estimate of drug-likeness (QED) is 0.810. The summed E-state index contributed by atoms with van der Waals surface area (Å²) in [7, 11) is 0. The molecule has 76 valence electrons. The van der Waals surface area contributed by atoms with Crippen molar-refractivity contribution < 1.29 is 4.39 Å². The third kappa shape index (κ3) is 3.48. The van der Waals surface area contributed by atoms with E-state index in [4.69, 9.17) is 11.6 Å². The molecule has 0 radical (unpaired) electrons. The number of halogens is 2. The third-order valence-electron chi connectivity index (χ3n) is 1.95. The van der Waals surface area contributed by atoms with Gasteiger partial charge in [-0.3, -0.25) is 0 Å². The van der Waals surface area contributed by atoms with Gasteiger partial charge in [-0.2, -0.15) is 0 Å². The molecule has 0 saturated heterocycles. The lowest BCUT2D eigenvalue weighted by molar-refractivity contribution is 0.593. The molecule has 0 aromatic heterocycles. The average molecular weight is 214 g/mol. The highest BCUT2D eigenvalue weighted by molar-refractivity contribution is 6.29. The van der Waals surface area contributed by atoms with Crippen LogP contribution in [0.3, 0.4) is 0 Å². The number of hydrogen-bond donors (Lipinski definition) is 1. The van der Waals surface area contributed by atoms with Gasteiger partial charge >= 0.3 is 0 Å². The second kappa shape index (κ2) is 5.13. The molecule has 0 bridgehead atoms. The van der Waals surface area contributed by atoms with Crippen molar-refractivity contribution >= 4 is 11.6 Å². The summed E-state index contributed by atoms with van der Waals surface area (Å²) in [6, 6.07) is 6.57. The van der Waals surface area contributed by atoms with Crippen molar-refractivity contribution in [3.8, 4) is 0 Å². The Hall–Kier alpha value is -0.860. The average Bonchev–Trinajstić information content (AvgIpc) is 2.14. The van der Waals surface area contributed by atoms with E-state index in [1.165, 1.54) is 12.1 Å². The van der Waals surface area contributed by atoms with Gasteiger partial charge < -0.3 is 5.32 Å². The maximum Gasteiger partial charge on any atom is 0.123 e. The Kier molecular flexibility index (Phi) is 4.11. The summed E-state index contributed by atoms with van der Waals surface area (Å²) >= 11 is 5.61. The van der Waals surface area contributed by atoms with Crippen LogP contribution in [0.25, 0.3) is 0 Å². The van der Waals surface area contributed by atoms with Gasteiger partial charge in [-0.05, 0) is 24.6 Å². The highest BCUT2D eigenvalue weighted by atomic mass is 35.5. The van der Waals surface area contributed by atoms with Crippen LogP contribution in [0.4, 0.5) is 4.39 Å². The predicted octanol–water partition coefficient (Wildman–Crippen LogP) is 3.23. The summed E-state index contributed by atoms with van der Waals surface area (Å²) < 4.78 is 12.9. The predicted molar refractivity (Wildman–Crippen MR) is 57.8 cm³/mol. The van der Waals surface area contributed by atoms with Gasteiger partial charge in [0.2, 0.25) is 0 Å². The van der Waals surface area contributed by atoms with Gasteiger partial charge in [0.05, 0.1) is 0 Å². The monoisotopic (exact) mass is 213 g/mol. The minimum Gasteiger partial charge on any atom is -0.305 e. The lowest BCUT2D eigenvalue weighted by atomic mass is 10.1. The van der Waals surface area contributed by atoms with Crippen LogP contribution in [0.1, 0.15) is 18.5 Å². The Balaban J connectivity index is 2.60. The Bertz CT molecular complexity index is 325. The van der Waals surface area contributed by atoms with E-state index in [2.05, 4.69) is 11.9 Å². The molecule has 0 heterocycles. The molecule has 1 N–H and O–H groups in total. The summed E-state index contributed by atoms with van der Waals surface area (Å²) in [5.41, 5.74) is 0.905. The third-order valence-corrected chi connectivity index (χ3v) is 2.08. The smallest absolute Gasteiger partial charge is 0.123 e. The van der Waals surface area contributed by atoms with Gasteiger partial charge in [0, 0.05) is 17.6 Å². The van der Waals surface area contributed by atoms with Gasteiger partial charge in [0.15, 0.2) is 0 Å². The van der Waals surface area contributed by atoms with Crippen molar-refractivity contribution in [2.24, 2.45) is 0 Å². The second-order valence-electron chi connectivity index (χ2n) is 3.17. The van der Waals surface area contributed by atoms with E-state index in [1.54, 1.807) is 6.07 Å². The van der Waals surface area contributed by atoms with E-state index < -0.39 is 0 Å². The Labute approximate surface area is 88.6 Å². The van der Waals surface area contributed by atoms with Gasteiger partial charge in [-0.25, -0.2) is 4.39 Å². The van der Waals surface area contributed by atoms with Crippen molar-refractivity contribution in [1.82, 2.24) is 5.32 Å². The highest BCUT2D eigenvalue weighted by Gasteiger charge is 2.04. The fourth-order valence-corrected chi connectivity index (χ4v) is 1.23. The van der Waals surface area contributed by atoms with Crippen molar-refractivity contribution in [2.45, 2.75) is 13.0 Å². The molecule has 0 spiro atoms. The van der Waals surface area contributed by atoms with Gasteiger partial charge in [-0.1, -0.05) is 30.3 Å². The SMILES string of the molecule is C=C(Cl)CN[C@H](C)c1cccc(F)c1. The first kappa shape index (κ1) is 11.2. The van der Waals surface area contributed by atoms with Gasteiger partial charge in [-0.15, -0.1) is 0 Å². The lowest BCUT2D eigenvalue weighted by Crippen LogP contribution is -2.19. The molecule has 0 aliphatic carbocycles. The van der Waals surface area contributed by atoms with Crippen molar-refractivity contribution in [1.29, 1.82) is 0 Å². The molecular formula is C11H13ClFN. The van der Waals surface area contributed by atoms with Crippen LogP contribution in [-0.2, 0) is 0 Å². The van der Waals surface area contributed by atoms with E-state index in [-0.39, 0.29) is 11.9 Å². The molecule has 1 atom stereocenters. The molecule has 0 aliphatic heterocycles. The standard InChI is InChI=1S/C11H13ClFN/c1-8(12)7-14-9(2)10-4-3-5-11(13)6-10/h3-6,9,14H,1,7H2,2H3/t9-/m1/s1. The minimum absolute atomic E-state index is 0.0706. The van der Waals surface area contributed by atoms with E-state index in [0.29, 0.717) is 11.6 Å². The zero-order chi connectivity index (χ0) is 10.6. The van der Waals surface area contributed by atoms with Crippen LogP contribution in [0.5, 0.6) is 0 Å². The number of benzene rings is 1. The van der Waals surface area contributed by atoms with Gasteiger partial charge in [0.25, 0.3) is 0 Å². The van der Waals surface area contributed by atoms with Crippen molar-refractivity contribution in [3.63, 3.8) is 0 Å². The molecule has 3 heteroatoms. The maximum atomic E-state index is 12.9. The molecular weight excluding hydrogens is 201 g/mol. The Morgan fingerprint density at radius 3 is 2.93 bits per heavy atom. The van der Waals surface area contributed by atoms with E-state index >= 15 is 0 Å². The van der Waals surface area contributed by atoms with E-state index in [9.17, 15) is 4.39 Å². The number of hydrogen-bond acceptors (Lipinski definition) is 1. The first-order valence-electron chi connectivity index (χ1n) is 4.41. The maximum absolute atomic E-state index is 12.9. The normalized spacial score (nSPS) is 12.5. The summed E-state index contributed by atoms with van der Waals surface area (Å²) in [4.78, 5) is 0. The van der Waals surface area contributed by atoms with Crippen LogP contribution in [0.15, 0.2) is 35.9 Å². The summed E-state index contributed by atoms with van der Waals surface area (Å²) in [6.45, 7) is 6.05. The molecule has 0 saturated carbocycles. The Morgan fingerprint density at radius 2 is 2.36 bits per heavy atom. The van der Waals surface area contributed by atoms with Crippen molar-refractivity contribution in [3.05, 3.63) is 47.3 Å². The van der Waals surface area contributed by atoms with Crippen molar-refractivity contribution in [2.75, 3.05) is 6.54 Å². The first-order chi connectivity index (χ1) is 6.59. The molecule has 0 fully saturated rings. The molecule has 0 aliphatic rings. The zero-order valence-electron chi connectivity index (χ0n) is 8.06.